The molecule has 1 aliphatic heterocycles. The predicted octanol–water partition coefficient (Wildman–Crippen LogP) is 1.31. The zero-order valence-electron chi connectivity index (χ0n) is 8.75. The molecule has 0 amide bonds. The van der Waals surface area contributed by atoms with Crippen molar-refractivity contribution in [2.45, 2.75) is 6.42 Å². The molecule has 2 N–H and O–H groups in total. The Kier molecular flexibility index (Phi) is 2.74. The molecule has 17 heavy (non-hydrogen) atoms. The van der Waals surface area contributed by atoms with E-state index in [-0.39, 0.29) is 17.6 Å². The van der Waals surface area contributed by atoms with E-state index in [0.717, 1.165) is 0 Å². The van der Waals surface area contributed by atoms with Crippen molar-refractivity contribution in [3.05, 3.63) is 46.7 Å². The lowest BCUT2D eigenvalue weighted by Gasteiger charge is -2.11. The van der Waals surface area contributed by atoms with E-state index in [1.54, 1.807) is 12.2 Å². The molecule has 86 valence electrons. The first kappa shape index (κ1) is 11.1. The molecule has 0 aromatic carbocycles. The fourth-order valence-corrected chi connectivity index (χ4v) is 1.56. The van der Waals surface area contributed by atoms with Gasteiger partial charge in [-0.3, -0.25) is 4.99 Å². The van der Waals surface area contributed by atoms with Crippen LogP contribution in [0.2, 0.25) is 0 Å². The third kappa shape index (κ3) is 2.23. The lowest BCUT2D eigenvalue weighted by atomic mass is 9.97. The summed E-state index contributed by atoms with van der Waals surface area (Å²) in [5.74, 6) is -2.03. The molecule has 0 saturated heterocycles. The highest BCUT2D eigenvalue weighted by atomic mass is 16.4. The number of hydrogen-bond acceptors (Lipinski definition) is 3. The average molecular weight is 231 g/mol. The number of aliphatic imine (C=N–C) groups is 1. The fraction of sp³-hybridized carbons (Fsp3) is 0.0833. The van der Waals surface area contributed by atoms with Crippen LogP contribution < -0.4 is 0 Å². The third-order valence-electron chi connectivity index (χ3n) is 2.48. The summed E-state index contributed by atoms with van der Waals surface area (Å²) >= 11 is 0. The maximum absolute atomic E-state index is 10.8. The van der Waals surface area contributed by atoms with Crippen molar-refractivity contribution in [2.24, 2.45) is 4.99 Å². The van der Waals surface area contributed by atoms with Crippen LogP contribution in [0.15, 0.2) is 51.7 Å². The van der Waals surface area contributed by atoms with Crippen LogP contribution in [0.25, 0.3) is 0 Å². The highest BCUT2D eigenvalue weighted by molar-refractivity contribution is 6.09. The second kappa shape index (κ2) is 4.21. The molecule has 0 aromatic heterocycles. The number of carboxylic acid groups (broad SMARTS) is 2. The minimum atomic E-state index is -1.06. The Morgan fingerprint density at radius 3 is 2.47 bits per heavy atom. The summed E-state index contributed by atoms with van der Waals surface area (Å²) in [7, 11) is 0. The molecule has 5 heteroatoms. The van der Waals surface area contributed by atoms with Gasteiger partial charge in [0.05, 0.1) is 11.3 Å². The molecule has 1 heterocycles. The van der Waals surface area contributed by atoms with E-state index >= 15 is 0 Å². The summed E-state index contributed by atoms with van der Waals surface area (Å²) in [6.07, 6.45) is 7.59. The molecular weight excluding hydrogens is 222 g/mol. The lowest BCUT2D eigenvalue weighted by Crippen LogP contribution is -2.05. The number of carboxylic acids is 2. The fourth-order valence-electron chi connectivity index (χ4n) is 1.56. The van der Waals surface area contributed by atoms with Crippen molar-refractivity contribution in [3.8, 4) is 0 Å². The highest BCUT2D eigenvalue weighted by Crippen LogP contribution is 2.27. The van der Waals surface area contributed by atoms with Crippen molar-refractivity contribution < 1.29 is 19.8 Å². The van der Waals surface area contributed by atoms with Crippen LogP contribution in [-0.2, 0) is 9.59 Å². The molecule has 0 unspecified atom stereocenters. The third-order valence-corrected chi connectivity index (χ3v) is 2.48. The number of carbonyl (C=O) groups is 2. The number of aliphatic carboxylic acids is 2. The monoisotopic (exact) mass is 231 g/mol. The van der Waals surface area contributed by atoms with Gasteiger partial charge in [-0.05, 0) is 23.8 Å². The van der Waals surface area contributed by atoms with Gasteiger partial charge in [0.2, 0.25) is 0 Å². The van der Waals surface area contributed by atoms with E-state index in [2.05, 4.69) is 4.99 Å². The van der Waals surface area contributed by atoms with Gasteiger partial charge in [-0.1, -0.05) is 6.08 Å². The van der Waals surface area contributed by atoms with Gasteiger partial charge in [-0.25, -0.2) is 9.59 Å². The summed E-state index contributed by atoms with van der Waals surface area (Å²) in [6.45, 7) is 0. The molecule has 0 aromatic rings. The first-order valence-electron chi connectivity index (χ1n) is 4.90. The topological polar surface area (TPSA) is 87.0 Å². The molecule has 5 nitrogen and oxygen atoms in total. The second-order valence-corrected chi connectivity index (χ2v) is 3.60. The van der Waals surface area contributed by atoms with Crippen molar-refractivity contribution >= 4 is 18.2 Å². The Morgan fingerprint density at radius 2 is 1.82 bits per heavy atom. The standard InChI is InChI=1S/C12H9NO4/c14-11(15)8-3-4-10-7(5-8)1-2-9(6-13-10)12(16)17/h1-4,6H,5H2,(H,14,15)(H,16,17). The van der Waals surface area contributed by atoms with Gasteiger partial charge in [0.15, 0.2) is 0 Å². The van der Waals surface area contributed by atoms with Crippen LogP contribution in [-0.4, -0.2) is 28.4 Å². The zero-order chi connectivity index (χ0) is 12.4. The number of rotatable bonds is 2. The molecule has 0 fully saturated rings. The van der Waals surface area contributed by atoms with Crippen LogP contribution in [0, 0.1) is 0 Å². The lowest BCUT2D eigenvalue weighted by molar-refractivity contribution is -0.133. The number of fused-ring (bicyclic) bond motifs is 1. The van der Waals surface area contributed by atoms with Gasteiger partial charge in [-0.2, -0.15) is 0 Å². The van der Waals surface area contributed by atoms with E-state index in [1.165, 1.54) is 18.4 Å². The van der Waals surface area contributed by atoms with Crippen LogP contribution in [0.3, 0.4) is 0 Å². The van der Waals surface area contributed by atoms with Gasteiger partial charge in [0, 0.05) is 18.2 Å². The molecular formula is C12H9NO4. The second-order valence-electron chi connectivity index (χ2n) is 3.60. The van der Waals surface area contributed by atoms with Crippen molar-refractivity contribution in [1.82, 2.24) is 0 Å². The molecule has 2 rings (SSSR count). The number of allylic oxidation sites excluding steroid dienone is 5. The van der Waals surface area contributed by atoms with Crippen molar-refractivity contribution in [1.29, 1.82) is 0 Å². The first-order valence-corrected chi connectivity index (χ1v) is 4.90. The van der Waals surface area contributed by atoms with E-state index in [0.29, 0.717) is 11.3 Å². The van der Waals surface area contributed by atoms with E-state index in [1.807, 2.05) is 0 Å². The Bertz CT molecular complexity index is 547. The summed E-state index contributed by atoms with van der Waals surface area (Å²) in [5.41, 5.74) is 1.65. The zero-order valence-corrected chi connectivity index (χ0v) is 8.75. The van der Waals surface area contributed by atoms with E-state index < -0.39 is 11.9 Å². The maximum atomic E-state index is 10.8. The van der Waals surface area contributed by atoms with E-state index in [9.17, 15) is 9.59 Å². The number of hydrogen-bond donors (Lipinski definition) is 2. The molecule has 0 spiro atoms. The Labute approximate surface area is 96.8 Å². The first-order chi connectivity index (χ1) is 8.08. The summed E-state index contributed by atoms with van der Waals surface area (Å²) in [4.78, 5) is 25.6. The Morgan fingerprint density at radius 1 is 1.06 bits per heavy atom. The largest absolute Gasteiger partial charge is 0.478 e. The molecule has 0 radical (unpaired) electrons. The molecule has 1 aliphatic carbocycles. The summed E-state index contributed by atoms with van der Waals surface area (Å²) < 4.78 is 0. The minimum Gasteiger partial charge on any atom is -0.478 e. The van der Waals surface area contributed by atoms with Gasteiger partial charge < -0.3 is 10.2 Å². The maximum Gasteiger partial charge on any atom is 0.337 e. The van der Waals surface area contributed by atoms with Gasteiger partial charge >= 0.3 is 11.9 Å². The normalized spacial score (nSPS) is 18.1. The van der Waals surface area contributed by atoms with E-state index in [4.69, 9.17) is 10.2 Å². The van der Waals surface area contributed by atoms with Gasteiger partial charge in [0.1, 0.15) is 0 Å². The van der Waals surface area contributed by atoms with Crippen LogP contribution in [0.1, 0.15) is 6.42 Å². The van der Waals surface area contributed by atoms with Gasteiger partial charge in [-0.15, -0.1) is 0 Å². The van der Waals surface area contributed by atoms with Crippen LogP contribution >= 0.6 is 0 Å². The smallest absolute Gasteiger partial charge is 0.337 e. The highest BCUT2D eigenvalue weighted by Gasteiger charge is 2.18. The van der Waals surface area contributed by atoms with Crippen molar-refractivity contribution in [3.63, 3.8) is 0 Å². The summed E-state index contributed by atoms with van der Waals surface area (Å²) in [5, 5.41) is 17.7. The quantitative estimate of drug-likeness (QED) is 0.750. The SMILES string of the molecule is O=C(O)C1=CC=C2CC(C(=O)O)=CC=C2N=C1. The van der Waals surface area contributed by atoms with Crippen LogP contribution in [0.5, 0.6) is 0 Å². The molecule has 0 bridgehead atoms. The average Bonchev–Trinajstić information content (AvgIpc) is 2.50. The molecule has 2 aliphatic rings. The Hall–Kier alpha value is -2.43. The molecule has 0 saturated carbocycles. The Balaban J connectivity index is 2.37. The number of nitrogens with zero attached hydrogens (tertiary/aromatic N) is 1. The van der Waals surface area contributed by atoms with Gasteiger partial charge in [0.25, 0.3) is 0 Å². The van der Waals surface area contributed by atoms with Crippen LogP contribution in [0.4, 0.5) is 0 Å². The summed E-state index contributed by atoms with van der Waals surface area (Å²) in [6, 6.07) is 0. The van der Waals surface area contributed by atoms with Crippen molar-refractivity contribution in [2.75, 3.05) is 0 Å². The predicted molar refractivity (Wildman–Crippen MR) is 60.7 cm³/mol. The minimum absolute atomic E-state index is 0.0738. The molecule has 0 atom stereocenters.